The van der Waals surface area contributed by atoms with E-state index in [4.69, 9.17) is 4.78 Å². The molecule has 4 N–H and O–H groups in total. The second-order valence-corrected chi connectivity index (χ2v) is 10.2. The van der Waals surface area contributed by atoms with Gasteiger partial charge in [0.15, 0.2) is 0 Å². The first-order valence-corrected chi connectivity index (χ1v) is 12.5. The van der Waals surface area contributed by atoms with Crippen molar-refractivity contribution in [3.8, 4) is 11.8 Å². The number of nitrogens with one attached hydrogen (secondary N) is 3. The van der Waals surface area contributed by atoms with Crippen molar-refractivity contribution in [3.05, 3.63) is 66.0 Å². The molecule has 0 aliphatic heterocycles. The largest absolute Gasteiger partial charge is 0.394 e. The average molecular weight is 476 g/mol. The van der Waals surface area contributed by atoms with Gasteiger partial charge in [0.05, 0.1) is 33.6 Å². The Bertz CT molecular complexity index is 1500. The monoisotopic (exact) mass is 475 g/mol. The lowest BCUT2D eigenvalue weighted by Crippen LogP contribution is -2.21. The van der Waals surface area contributed by atoms with Crippen LogP contribution in [0.4, 0.5) is 17.5 Å². The van der Waals surface area contributed by atoms with Crippen molar-refractivity contribution in [2.45, 2.75) is 17.9 Å². The second-order valence-electron chi connectivity index (χ2n) is 8.00. The minimum atomic E-state index is -2.77. The van der Waals surface area contributed by atoms with E-state index in [0.717, 1.165) is 16.5 Å². The Morgan fingerprint density at radius 3 is 2.68 bits per heavy atom. The zero-order chi connectivity index (χ0) is 24.3. The van der Waals surface area contributed by atoms with Gasteiger partial charge in [0.1, 0.15) is 5.82 Å². The smallest absolute Gasteiger partial charge is 0.229 e. The number of hydrogen-bond acceptors (Lipinski definition) is 8. The Morgan fingerprint density at radius 1 is 1.21 bits per heavy atom. The molecule has 2 aromatic carbocycles. The zero-order valence-corrected chi connectivity index (χ0v) is 19.8. The molecule has 10 heteroatoms. The van der Waals surface area contributed by atoms with Gasteiger partial charge in [-0.2, -0.15) is 10.1 Å². The molecule has 9 nitrogen and oxygen atoms in total. The number of rotatable bonds is 6. The van der Waals surface area contributed by atoms with Crippen molar-refractivity contribution >= 4 is 38.1 Å². The molecule has 174 valence electrons. The van der Waals surface area contributed by atoms with E-state index >= 15 is 0 Å². The molecule has 0 bridgehead atoms. The van der Waals surface area contributed by atoms with E-state index in [9.17, 15) is 9.32 Å². The molecule has 0 radical (unpaired) electrons. The van der Waals surface area contributed by atoms with Gasteiger partial charge in [-0.25, -0.2) is 14.0 Å². The van der Waals surface area contributed by atoms with E-state index < -0.39 is 9.73 Å². The van der Waals surface area contributed by atoms with Gasteiger partial charge in [0.25, 0.3) is 0 Å². The van der Waals surface area contributed by atoms with Crippen LogP contribution in [-0.2, 0) is 16.8 Å². The third kappa shape index (κ3) is 5.51. The second kappa shape index (κ2) is 9.51. The summed E-state index contributed by atoms with van der Waals surface area (Å²) in [5, 5.41) is 21.1. The summed E-state index contributed by atoms with van der Waals surface area (Å²) in [5.74, 6) is 7.10. The number of nitrogens with zero attached hydrogens (tertiary/aromatic N) is 4. The van der Waals surface area contributed by atoms with Gasteiger partial charge in [-0.3, -0.25) is 4.68 Å². The molecule has 4 rings (SSSR count). The van der Waals surface area contributed by atoms with Crippen molar-refractivity contribution in [3.63, 3.8) is 0 Å². The molecule has 0 saturated heterocycles. The van der Waals surface area contributed by atoms with E-state index in [1.54, 1.807) is 35.1 Å². The van der Waals surface area contributed by atoms with Crippen molar-refractivity contribution in [2.24, 2.45) is 7.05 Å². The quantitative estimate of drug-likeness (QED) is 0.315. The minimum absolute atomic E-state index is 0.0673. The van der Waals surface area contributed by atoms with Crippen LogP contribution in [0.5, 0.6) is 0 Å². The highest BCUT2D eigenvalue weighted by Gasteiger charge is 2.10. The van der Waals surface area contributed by atoms with Crippen LogP contribution in [0, 0.1) is 16.6 Å². The summed E-state index contributed by atoms with van der Waals surface area (Å²) < 4.78 is 21.3. The Hall–Kier alpha value is -3.94. The topological polar surface area (TPSA) is 129 Å². The molecule has 2 aromatic heterocycles. The van der Waals surface area contributed by atoms with E-state index in [1.165, 1.54) is 6.26 Å². The highest BCUT2D eigenvalue weighted by Crippen LogP contribution is 2.20. The summed E-state index contributed by atoms with van der Waals surface area (Å²) in [4.78, 5) is 9.36. The lowest BCUT2D eigenvalue weighted by molar-refractivity contribution is 0.281. The first-order valence-electron chi connectivity index (χ1n) is 10.5. The molecule has 0 fully saturated rings. The van der Waals surface area contributed by atoms with Crippen molar-refractivity contribution in [1.82, 2.24) is 19.7 Å². The number of hydrogen-bond donors (Lipinski definition) is 4. The fourth-order valence-electron chi connectivity index (χ4n) is 3.22. The normalized spacial score (nSPS) is 13.5. The maximum atomic E-state index is 11.9. The maximum Gasteiger partial charge on any atom is 0.229 e. The van der Waals surface area contributed by atoms with Gasteiger partial charge < -0.3 is 15.7 Å². The highest BCUT2D eigenvalue weighted by atomic mass is 32.2. The molecule has 4 aromatic rings. The predicted molar refractivity (Wildman–Crippen MR) is 134 cm³/mol. The Morgan fingerprint density at radius 2 is 1.97 bits per heavy atom. The summed E-state index contributed by atoms with van der Waals surface area (Å²) >= 11 is 0. The third-order valence-corrected chi connectivity index (χ3v) is 6.14. The van der Waals surface area contributed by atoms with E-state index in [1.807, 2.05) is 38.4 Å². The Labute approximate surface area is 198 Å². The molecule has 0 spiro atoms. The van der Waals surface area contributed by atoms with E-state index in [-0.39, 0.29) is 12.6 Å². The van der Waals surface area contributed by atoms with Crippen LogP contribution >= 0.6 is 0 Å². The van der Waals surface area contributed by atoms with Gasteiger partial charge in [0.2, 0.25) is 5.95 Å². The van der Waals surface area contributed by atoms with Crippen LogP contribution in [0.2, 0.25) is 0 Å². The molecule has 34 heavy (non-hydrogen) atoms. The Balaban J connectivity index is 1.62. The number of benzene rings is 2. The van der Waals surface area contributed by atoms with Gasteiger partial charge in [-0.15, -0.1) is 0 Å². The lowest BCUT2D eigenvalue weighted by atomic mass is 10.1. The number of aryl methyl sites for hydroxylation is 1. The molecule has 0 aliphatic rings. The van der Waals surface area contributed by atoms with Crippen LogP contribution in [-0.4, -0.2) is 48.0 Å². The van der Waals surface area contributed by atoms with Crippen LogP contribution in [0.1, 0.15) is 18.1 Å². The fourth-order valence-corrected chi connectivity index (χ4v) is 3.87. The van der Waals surface area contributed by atoms with Crippen molar-refractivity contribution in [1.29, 1.82) is 4.78 Å². The van der Waals surface area contributed by atoms with Gasteiger partial charge >= 0.3 is 0 Å². The summed E-state index contributed by atoms with van der Waals surface area (Å²) in [6.45, 7) is 1.77. The first kappa shape index (κ1) is 23.2. The zero-order valence-electron chi connectivity index (χ0n) is 19.0. The third-order valence-electron chi connectivity index (χ3n) is 4.97. The fraction of sp³-hybridized carbons (Fsp3) is 0.208. The number of aliphatic hydroxyl groups excluding tert-OH is 1. The predicted octanol–water partition coefficient (Wildman–Crippen LogP) is 3.33. The number of fused-ring (bicyclic) bond motifs is 1. The molecular weight excluding hydrogens is 450 g/mol. The minimum Gasteiger partial charge on any atom is -0.394 e. The maximum absolute atomic E-state index is 11.9. The molecule has 2 heterocycles. The molecular formula is C24H25N7O2S. The molecule has 2 atom stereocenters. The Kier molecular flexibility index (Phi) is 6.49. The highest BCUT2D eigenvalue weighted by molar-refractivity contribution is 7.91. The van der Waals surface area contributed by atoms with E-state index in [0.29, 0.717) is 27.9 Å². The molecule has 0 aliphatic carbocycles. The number of aliphatic hydroxyl groups is 1. The SMILES string of the molecule is C[C@H](CO)Nc1nc(Nc2ccc(S(C)(=N)=O)cc2)ncc1C#Cc1ccc2nn(C)cc2c1. The van der Waals surface area contributed by atoms with Crippen LogP contribution in [0.15, 0.2) is 59.8 Å². The van der Waals surface area contributed by atoms with Gasteiger partial charge in [0, 0.05) is 47.1 Å². The van der Waals surface area contributed by atoms with Crippen molar-refractivity contribution < 1.29 is 9.32 Å². The number of anilines is 3. The first-order chi connectivity index (χ1) is 16.2. The molecule has 0 saturated carbocycles. The average Bonchev–Trinajstić information content (AvgIpc) is 3.17. The summed E-state index contributed by atoms with van der Waals surface area (Å²) in [6, 6.07) is 12.3. The van der Waals surface area contributed by atoms with Gasteiger partial charge in [-0.05, 0) is 49.4 Å². The van der Waals surface area contributed by atoms with Crippen LogP contribution < -0.4 is 10.6 Å². The summed E-state index contributed by atoms with van der Waals surface area (Å²) in [6.07, 6.45) is 4.94. The standard InChI is InChI=1S/C24H25N7O2S/c1-16(15-32)27-23-18(6-4-17-5-11-22-19(12-17)14-31(2)30-22)13-26-24(29-23)28-20-7-9-21(10-8-20)34(3,25)33/h5,7-14,16,25,32H,15H2,1-3H3,(H2,26,27,28,29)/t16-,34?/m1/s1. The summed E-state index contributed by atoms with van der Waals surface area (Å²) in [5.41, 5.74) is 3.03. The van der Waals surface area contributed by atoms with Gasteiger partial charge in [-0.1, -0.05) is 11.8 Å². The van der Waals surface area contributed by atoms with Crippen molar-refractivity contribution in [2.75, 3.05) is 23.5 Å². The van der Waals surface area contributed by atoms with Crippen LogP contribution in [0.25, 0.3) is 10.9 Å². The van der Waals surface area contributed by atoms with E-state index in [2.05, 4.69) is 37.5 Å². The molecule has 1 unspecified atom stereocenters. The van der Waals surface area contributed by atoms with Crippen LogP contribution in [0.3, 0.4) is 0 Å². The molecule has 0 amide bonds. The summed E-state index contributed by atoms with van der Waals surface area (Å²) in [7, 11) is -0.895. The number of aromatic nitrogens is 4. The lowest BCUT2D eigenvalue weighted by Gasteiger charge is -2.14.